The fourth-order valence-corrected chi connectivity index (χ4v) is 2.98. The highest BCUT2D eigenvalue weighted by atomic mass is 127. The lowest BCUT2D eigenvalue weighted by Gasteiger charge is -2.21. The van der Waals surface area contributed by atoms with Crippen LogP contribution in [-0.2, 0) is 13.1 Å². The van der Waals surface area contributed by atoms with Crippen LogP contribution in [0.1, 0.15) is 57.6 Å². The van der Waals surface area contributed by atoms with Gasteiger partial charge in [0.1, 0.15) is 0 Å². The Bertz CT molecular complexity index is 514. The first kappa shape index (κ1) is 21.2. The summed E-state index contributed by atoms with van der Waals surface area (Å²) in [6, 6.07) is 8.73. The summed E-state index contributed by atoms with van der Waals surface area (Å²) < 4.78 is 0. The average molecular weight is 444 g/mol. The van der Waals surface area contributed by atoms with Gasteiger partial charge in [-0.25, -0.2) is 4.99 Å². The van der Waals surface area contributed by atoms with E-state index in [1.165, 1.54) is 49.9 Å². The van der Waals surface area contributed by atoms with E-state index in [0.29, 0.717) is 12.5 Å². The summed E-state index contributed by atoms with van der Waals surface area (Å²) in [6.45, 7) is 10.4. The van der Waals surface area contributed by atoms with Gasteiger partial charge < -0.3 is 11.1 Å². The third-order valence-electron chi connectivity index (χ3n) is 4.03. The van der Waals surface area contributed by atoms with Crippen LogP contribution in [0.5, 0.6) is 0 Å². The van der Waals surface area contributed by atoms with Crippen molar-refractivity contribution >= 4 is 29.9 Å². The third kappa shape index (κ3) is 8.33. The van der Waals surface area contributed by atoms with Gasteiger partial charge in [-0.3, -0.25) is 4.90 Å². The van der Waals surface area contributed by atoms with Crippen molar-refractivity contribution in [2.45, 2.75) is 65.1 Å². The summed E-state index contributed by atoms with van der Waals surface area (Å²) in [7, 11) is 0. The highest BCUT2D eigenvalue weighted by molar-refractivity contribution is 14.0. The quantitative estimate of drug-likeness (QED) is 0.421. The van der Waals surface area contributed by atoms with Gasteiger partial charge in [-0.05, 0) is 57.8 Å². The molecule has 1 aromatic carbocycles. The lowest BCUT2D eigenvalue weighted by atomic mass is 10.1. The number of likely N-dealkylation sites (tertiary alicyclic amines) is 1. The predicted molar refractivity (Wildman–Crippen MR) is 114 cm³/mol. The summed E-state index contributed by atoms with van der Waals surface area (Å²) in [5, 5.41) is 3.20. The highest BCUT2D eigenvalue weighted by Crippen LogP contribution is 2.14. The van der Waals surface area contributed by atoms with E-state index in [1.807, 2.05) is 0 Å². The van der Waals surface area contributed by atoms with Crippen LogP contribution in [0, 0.1) is 0 Å². The second-order valence-electron chi connectivity index (χ2n) is 7.59. The Morgan fingerprint density at radius 2 is 1.75 bits per heavy atom. The van der Waals surface area contributed by atoms with Gasteiger partial charge >= 0.3 is 0 Å². The molecule has 1 aliphatic heterocycles. The lowest BCUT2D eigenvalue weighted by molar-refractivity contribution is 0.277. The SMILES string of the molecule is CC(C)(C)NC(N)=NCc1cccc(CN2CCCCCC2)c1.I. The van der Waals surface area contributed by atoms with Gasteiger partial charge in [-0.1, -0.05) is 37.1 Å². The average Bonchev–Trinajstić information content (AvgIpc) is 2.72. The van der Waals surface area contributed by atoms with Crippen molar-refractivity contribution in [3.05, 3.63) is 35.4 Å². The lowest BCUT2D eigenvalue weighted by Crippen LogP contribution is -2.44. The molecule has 0 aliphatic carbocycles. The molecule has 0 atom stereocenters. The second-order valence-corrected chi connectivity index (χ2v) is 7.59. The molecule has 1 aromatic rings. The smallest absolute Gasteiger partial charge is 0.189 e. The number of aliphatic imine (C=N–C) groups is 1. The summed E-state index contributed by atoms with van der Waals surface area (Å²) in [5.41, 5.74) is 8.49. The van der Waals surface area contributed by atoms with Gasteiger partial charge in [0.2, 0.25) is 0 Å². The molecule has 4 nitrogen and oxygen atoms in total. The first-order valence-electron chi connectivity index (χ1n) is 8.81. The van der Waals surface area contributed by atoms with E-state index < -0.39 is 0 Å². The summed E-state index contributed by atoms with van der Waals surface area (Å²) in [6.07, 6.45) is 5.43. The van der Waals surface area contributed by atoms with Crippen molar-refractivity contribution in [1.82, 2.24) is 10.2 Å². The molecule has 0 unspecified atom stereocenters. The van der Waals surface area contributed by atoms with E-state index in [9.17, 15) is 0 Å². The van der Waals surface area contributed by atoms with Crippen LogP contribution in [0.2, 0.25) is 0 Å². The van der Waals surface area contributed by atoms with Gasteiger partial charge in [-0.2, -0.15) is 0 Å². The minimum atomic E-state index is -0.0534. The molecule has 1 heterocycles. The maximum absolute atomic E-state index is 5.94. The predicted octanol–water partition coefficient (Wildman–Crippen LogP) is 3.88. The maximum atomic E-state index is 5.94. The monoisotopic (exact) mass is 444 g/mol. The first-order chi connectivity index (χ1) is 10.9. The Morgan fingerprint density at radius 3 is 2.38 bits per heavy atom. The van der Waals surface area contributed by atoms with Crippen molar-refractivity contribution in [2.24, 2.45) is 10.7 Å². The standard InChI is InChI=1S/C19H32N4.HI/c1-19(2,3)22-18(20)21-14-16-9-8-10-17(13-16)15-23-11-6-4-5-7-12-23;/h8-10,13H,4-7,11-12,14-15H2,1-3H3,(H3,20,21,22);1H. The van der Waals surface area contributed by atoms with Gasteiger partial charge in [0.05, 0.1) is 6.54 Å². The molecule has 24 heavy (non-hydrogen) atoms. The summed E-state index contributed by atoms with van der Waals surface area (Å²) in [4.78, 5) is 7.03. The van der Waals surface area contributed by atoms with Crippen molar-refractivity contribution in [3.8, 4) is 0 Å². The zero-order valence-corrected chi connectivity index (χ0v) is 17.7. The van der Waals surface area contributed by atoms with Crippen LogP contribution in [0.15, 0.2) is 29.3 Å². The highest BCUT2D eigenvalue weighted by Gasteiger charge is 2.11. The number of hydrogen-bond acceptors (Lipinski definition) is 2. The maximum Gasteiger partial charge on any atom is 0.189 e. The zero-order chi connectivity index (χ0) is 16.7. The summed E-state index contributed by atoms with van der Waals surface area (Å²) in [5.74, 6) is 0.510. The van der Waals surface area contributed by atoms with Crippen LogP contribution in [0.4, 0.5) is 0 Å². The Kier molecular flexibility index (Phi) is 9.05. The number of nitrogens with one attached hydrogen (secondary N) is 1. The second kappa shape index (κ2) is 10.2. The molecule has 136 valence electrons. The first-order valence-corrected chi connectivity index (χ1v) is 8.81. The number of nitrogens with zero attached hydrogens (tertiary/aromatic N) is 2. The van der Waals surface area contributed by atoms with Crippen LogP contribution >= 0.6 is 24.0 Å². The Hall–Kier alpha value is -0.820. The van der Waals surface area contributed by atoms with Crippen LogP contribution in [0.3, 0.4) is 0 Å². The molecule has 0 amide bonds. The van der Waals surface area contributed by atoms with E-state index in [1.54, 1.807) is 0 Å². The van der Waals surface area contributed by atoms with Gasteiger partial charge in [0.15, 0.2) is 5.96 Å². The zero-order valence-electron chi connectivity index (χ0n) is 15.3. The minimum Gasteiger partial charge on any atom is -0.370 e. The van der Waals surface area contributed by atoms with Gasteiger partial charge in [0.25, 0.3) is 0 Å². The Morgan fingerprint density at radius 1 is 1.12 bits per heavy atom. The number of nitrogens with two attached hydrogens (primary N) is 1. The van der Waals surface area contributed by atoms with E-state index in [4.69, 9.17) is 5.73 Å². The molecular formula is C19H33IN4. The molecule has 1 fully saturated rings. The van der Waals surface area contributed by atoms with Gasteiger partial charge in [0, 0.05) is 12.1 Å². The molecule has 0 radical (unpaired) electrons. The number of rotatable bonds is 4. The van der Waals surface area contributed by atoms with Crippen LogP contribution in [0.25, 0.3) is 0 Å². The number of halogens is 1. The Labute approximate surface area is 164 Å². The van der Waals surface area contributed by atoms with E-state index in [2.05, 4.69) is 60.2 Å². The number of hydrogen-bond donors (Lipinski definition) is 2. The molecule has 2 rings (SSSR count). The fourth-order valence-electron chi connectivity index (χ4n) is 2.98. The molecular weight excluding hydrogens is 411 g/mol. The normalized spacial score (nSPS) is 17.0. The van der Waals surface area contributed by atoms with Crippen molar-refractivity contribution in [3.63, 3.8) is 0 Å². The van der Waals surface area contributed by atoms with Crippen molar-refractivity contribution < 1.29 is 0 Å². The molecule has 0 spiro atoms. The molecule has 1 aliphatic rings. The Balaban J connectivity index is 0.00000288. The number of benzene rings is 1. The van der Waals surface area contributed by atoms with Gasteiger partial charge in [-0.15, -0.1) is 24.0 Å². The molecule has 0 aromatic heterocycles. The van der Waals surface area contributed by atoms with Crippen molar-refractivity contribution in [2.75, 3.05) is 13.1 Å². The molecule has 0 bridgehead atoms. The number of guanidine groups is 1. The topological polar surface area (TPSA) is 53.6 Å². The minimum absolute atomic E-state index is 0. The van der Waals surface area contributed by atoms with Crippen LogP contribution < -0.4 is 11.1 Å². The van der Waals surface area contributed by atoms with E-state index >= 15 is 0 Å². The third-order valence-corrected chi connectivity index (χ3v) is 4.03. The van der Waals surface area contributed by atoms with Crippen molar-refractivity contribution in [1.29, 1.82) is 0 Å². The molecule has 3 N–H and O–H groups in total. The summed E-state index contributed by atoms with van der Waals surface area (Å²) >= 11 is 0. The molecule has 0 saturated carbocycles. The molecule has 5 heteroatoms. The largest absolute Gasteiger partial charge is 0.370 e. The molecule has 1 saturated heterocycles. The van der Waals surface area contributed by atoms with E-state index in [-0.39, 0.29) is 29.5 Å². The van der Waals surface area contributed by atoms with Crippen LogP contribution in [-0.4, -0.2) is 29.5 Å². The fraction of sp³-hybridized carbons (Fsp3) is 0.632. The van der Waals surface area contributed by atoms with E-state index in [0.717, 1.165) is 6.54 Å².